The molecule has 2 aliphatic heterocycles. The summed E-state index contributed by atoms with van der Waals surface area (Å²) in [5.74, 6) is 0. The van der Waals surface area contributed by atoms with Gasteiger partial charge in [-0.2, -0.15) is 0 Å². The molecule has 0 fully saturated rings. The van der Waals surface area contributed by atoms with Crippen LogP contribution < -0.4 is 40.8 Å². The van der Waals surface area contributed by atoms with E-state index in [-0.39, 0.29) is 33.0 Å². The van der Waals surface area contributed by atoms with Crippen molar-refractivity contribution in [2.24, 2.45) is 0 Å². The van der Waals surface area contributed by atoms with Crippen LogP contribution in [0, 0.1) is 0 Å². The predicted octanol–water partition coefficient (Wildman–Crippen LogP) is 21.5. The molecular weight excluding hydrogens is 1190 g/mol. The first-order valence-corrected chi connectivity index (χ1v) is 36.5. The third-order valence-corrected chi connectivity index (χ3v) is 28.5. The predicted molar refractivity (Wildman–Crippen MR) is 411 cm³/mol. The Morgan fingerprint density at radius 1 is 0.453 bits per heavy atom. The molecular formula is C86H84BN5OSSi. The molecule has 4 aromatic heterocycles. The molecule has 0 spiro atoms. The molecule has 6 heterocycles. The lowest BCUT2D eigenvalue weighted by atomic mass is 9.36. The molecule has 0 unspecified atom stereocenters. The molecule has 95 heavy (non-hydrogen) atoms. The Hall–Kier alpha value is -9.28. The number of fused-ring (bicyclic) bond motifs is 9. The first-order valence-electron chi connectivity index (χ1n) is 33.7. The van der Waals surface area contributed by atoms with E-state index < -0.39 is 8.07 Å². The highest BCUT2D eigenvalue weighted by atomic mass is 32.1. The molecule has 0 atom stereocenters. The second kappa shape index (κ2) is 22.4. The maximum Gasteiger partial charge on any atom is 0.264 e. The molecule has 0 bridgehead atoms. The molecule has 6 nitrogen and oxygen atoms in total. The van der Waals surface area contributed by atoms with Gasteiger partial charge in [0.2, 0.25) is 0 Å². The van der Waals surface area contributed by atoms with Gasteiger partial charge in [-0.05, 0) is 156 Å². The summed E-state index contributed by atoms with van der Waals surface area (Å²) in [7, 11) is -3.07. The van der Waals surface area contributed by atoms with Crippen molar-refractivity contribution in [3.05, 3.63) is 254 Å². The third kappa shape index (κ3) is 10.2. The van der Waals surface area contributed by atoms with Crippen LogP contribution in [0.25, 0.3) is 54.5 Å². The minimum Gasteiger partial charge on any atom is -0.454 e. The van der Waals surface area contributed by atoms with Crippen LogP contribution in [0.2, 0.25) is 10.1 Å². The number of nitrogens with zero attached hydrogens (tertiary/aromatic N) is 5. The van der Waals surface area contributed by atoms with E-state index in [9.17, 15) is 0 Å². The zero-order valence-corrected chi connectivity index (χ0v) is 59.5. The van der Waals surface area contributed by atoms with E-state index in [0.717, 1.165) is 90.0 Å². The summed E-state index contributed by atoms with van der Waals surface area (Å²) in [6.07, 6.45) is 3.95. The summed E-state index contributed by atoms with van der Waals surface area (Å²) >= 11 is 1.94. The molecule has 472 valence electrons. The summed E-state index contributed by atoms with van der Waals surface area (Å²) in [6, 6.07) is 84.7. The van der Waals surface area contributed by atoms with Crippen molar-refractivity contribution in [1.29, 1.82) is 0 Å². The minimum absolute atomic E-state index is 0.0226. The molecule has 0 saturated carbocycles. The summed E-state index contributed by atoms with van der Waals surface area (Å²) in [6.45, 7) is 35.8. The van der Waals surface area contributed by atoms with Gasteiger partial charge in [0.05, 0.1) is 40.3 Å². The fraction of sp³-hybridized carbons (Fsp3) is 0.233. The first-order chi connectivity index (χ1) is 45.3. The average molecular weight is 1270 g/mol. The summed E-state index contributed by atoms with van der Waals surface area (Å²) in [5, 5.41) is 5.79. The van der Waals surface area contributed by atoms with Crippen molar-refractivity contribution in [1.82, 2.24) is 9.97 Å². The van der Waals surface area contributed by atoms with Gasteiger partial charge in [-0.15, -0.1) is 11.3 Å². The number of hydrogen-bond donors (Lipinski definition) is 0. The highest BCUT2D eigenvalue weighted by Crippen LogP contribution is 2.55. The maximum absolute atomic E-state index is 7.31. The largest absolute Gasteiger partial charge is 0.454 e. The van der Waals surface area contributed by atoms with E-state index in [1.807, 2.05) is 35.7 Å². The van der Waals surface area contributed by atoms with Crippen LogP contribution in [0.3, 0.4) is 0 Å². The van der Waals surface area contributed by atoms with Crippen molar-refractivity contribution in [3.8, 4) is 22.5 Å². The molecule has 9 heteroatoms. The summed E-state index contributed by atoms with van der Waals surface area (Å²) in [4.78, 5) is 17.9. The van der Waals surface area contributed by atoms with E-state index in [4.69, 9.17) is 14.4 Å². The van der Waals surface area contributed by atoms with Gasteiger partial charge in [-0.25, -0.2) is 0 Å². The number of para-hydroxylation sites is 3. The number of pyridine rings is 2. The highest BCUT2D eigenvalue weighted by molar-refractivity contribution is 7.33. The monoisotopic (exact) mass is 1270 g/mol. The van der Waals surface area contributed by atoms with Gasteiger partial charge >= 0.3 is 0 Å². The fourth-order valence-corrected chi connectivity index (χ4v) is 24.9. The lowest BCUT2D eigenvalue weighted by Crippen LogP contribution is -2.70. The zero-order chi connectivity index (χ0) is 66.3. The molecule has 0 N–H and O–H groups in total. The van der Waals surface area contributed by atoms with Crippen molar-refractivity contribution in [2.75, 3.05) is 14.7 Å². The average Bonchev–Trinajstić information content (AvgIpc) is 1.66. The molecule has 9 aromatic carbocycles. The van der Waals surface area contributed by atoms with Gasteiger partial charge in [-0.1, -0.05) is 243 Å². The molecule has 0 saturated heterocycles. The van der Waals surface area contributed by atoms with Gasteiger partial charge in [-0.3, -0.25) is 9.97 Å². The molecule has 0 amide bonds. The number of thiophene rings is 1. The van der Waals surface area contributed by atoms with Crippen LogP contribution in [0.4, 0.5) is 51.2 Å². The Morgan fingerprint density at radius 3 is 1.73 bits per heavy atom. The van der Waals surface area contributed by atoms with Crippen LogP contribution >= 0.6 is 11.3 Å². The third-order valence-electron chi connectivity index (χ3n) is 20.4. The van der Waals surface area contributed by atoms with Crippen LogP contribution in [-0.4, -0.2) is 24.8 Å². The topological polar surface area (TPSA) is 48.6 Å². The van der Waals surface area contributed by atoms with E-state index in [1.54, 1.807) is 0 Å². The second-order valence-electron chi connectivity index (χ2n) is 31.5. The Morgan fingerprint density at radius 2 is 1.06 bits per heavy atom. The number of hydrogen-bond acceptors (Lipinski definition) is 7. The summed E-state index contributed by atoms with van der Waals surface area (Å²) in [5.41, 5.74) is 21.7. The normalized spacial score (nSPS) is 13.6. The fourth-order valence-electron chi connectivity index (χ4n) is 16.2. The van der Waals surface area contributed by atoms with E-state index in [0.29, 0.717) is 0 Å². The minimum atomic E-state index is -3.07. The maximum atomic E-state index is 7.31. The van der Waals surface area contributed by atoms with Gasteiger partial charge < -0.3 is 19.1 Å². The summed E-state index contributed by atoms with van der Waals surface area (Å²) < 4.78 is 9.86. The Labute approximate surface area is 567 Å². The smallest absolute Gasteiger partial charge is 0.264 e. The molecule has 2 aliphatic rings. The van der Waals surface area contributed by atoms with Crippen molar-refractivity contribution < 1.29 is 4.42 Å². The standard InChI is InChI=1S/C86H84BN5OSSi/c1-82(2,3)56-35-40-59(41-36-56)90(71-32-21-19-28-64(71)55-26-17-16-18-27-55)60-42-46-68-73(51-60)92(72-33-25-30-66-65-29-20-22-34-76(65)93-80(66)72)75-53-63(95(85(10,11)12,86(13,14)15)62-44-37-57(38-45-62)83(4,5)6)52-74-78(75)87(68)81-79(67-50-58(84(7,8)9)39-48-77(67)94-81)91(74)61-43-47-70(89-54-61)69-31-23-24-49-88-69/h16-54H,1-15H3. The van der Waals surface area contributed by atoms with Gasteiger partial charge in [0.25, 0.3) is 6.71 Å². The van der Waals surface area contributed by atoms with Gasteiger partial charge in [0.15, 0.2) is 5.58 Å². The lowest BCUT2D eigenvalue weighted by Gasteiger charge is -2.54. The number of benzene rings is 9. The Balaban J connectivity index is 1.11. The zero-order valence-electron chi connectivity index (χ0n) is 57.6. The van der Waals surface area contributed by atoms with E-state index in [1.165, 1.54) is 58.5 Å². The SMILES string of the molecule is CC(C)(C)c1ccc(N(c2ccc3c(c2)N(c2cccc4c2oc2ccccc24)c2cc([Si](c4ccc(C(C)(C)C)cc4)(C(C)(C)C)C(C)(C)C)cc4c2B3c2sc3ccc(C(C)(C)C)cc3c2N4c2ccc(-c3ccccn3)nc2)c2ccccc2-c2ccccc2)cc1. The van der Waals surface area contributed by atoms with Crippen LogP contribution in [-0.2, 0) is 16.2 Å². The first kappa shape index (κ1) is 61.9. The van der Waals surface area contributed by atoms with Gasteiger partial charge in [0, 0.05) is 65.8 Å². The Kier molecular flexibility index (Phi) is 14.6. The second-order valence-corrected chi connectivity index (χ2v) is 38.3. The molecule has 0 radical (unpaired) electrons. The van der Waals surface area contributed by atoms with Crippen LogP contribution in [0.5, 0.6) is 0 Å². The number of furan rings is 1. The van der Waals surface area contributed by atoms with Crippen molar-refractivity contribution >= 4 is 135 Å². The van der Waals surface area contributed by atoms with Crippen LogP contribution in [0.15, 0.2) is 241 Å². The van der Waals surface area contributed by atoms with Crippen LogP contribution in [0.1, 0.15) is 121 Å². The molecule has 0 aliphatic carbocycles. The Bertz CT molecular complexity index is 5080. The molecule has 13 aromatic rings. The van der Waals surface area contributed by atoms with E-state index >= 15 is 0 Å². The van der Waals surface area contributed by atoms with Crippen molar-refractivity contribution in [3.63, 3.8) is 0 Å². The number of aromatic nitrogens is 2. The quantitative estimate of drug-likeness (QED) is 0.134. The highest BCUT2D eigenvalue weighted by Gasteiger charge is 2.57. The van der Waals surface area contributed by atoms with E-state index in [2.05, 4.69) is 331 Å². The number of anilines is 9. The van der Waals surface area contributed by atoms with Gasteiger partial charge in [0.1, 0.15) is 13.7 Å². The molecule has 15 rings (SSSR count). The number of rotatable bonds is 9. The van der Waals surface area contributed by atoms with Crippen molar-refractivity contribution in [2.45, 2.75) is 130 Å². The lowest BCUT2D eigenvalue weighted by molar-refractivity contribution is 0.590.